The Labute approximate surface area is 130 Å². The molecule has 21 heavy (non-hydrogen) atoms. The summed E-state index contributed by atoms with van der Waals surface area (Å²) in [6, 6.07) is 6.80. The van der Waals surface area contributed by atoms with E-state index in [0.717, 1.165) is 19.0 Å². The second-order valence-electron chi connectivity index (χ2n) is 7.38. The standard InChI is InChI=1S/C19H32N2/c1-15-8-9-18(17(3)11-15)21(5)14-19(13-20-4)10-6-7-16(2)12-19/h8-9,11,16,20H,6-7,10,12-14H2,1-5H3. The second kappa shape index (κ2) is 6.83. The van der Waals surface area contributed by atoms with Crippen LogP contribution in [0.3, 0.4) is 0 Å². The minimum Gasteiger partial charge on any atom is -0.374 e. The minimum atomic E-state index is 0.429. The van der Waals surface area contributed by atoms with E-state index in [1.54, 1.807) is 0 Å². The van der Waals surface area contributed by atoms with Gasteiger partial charge in [-0.3, -0.25) is 0 Å². The van der Waals surface area contributed by atoms with Crippen molar-refractivity contribution in [1.82, 2.24) is 5.32 Å². The van der Waals surface area contributed by atoms with E-state index in [0.29, 0.717) is 5.41 Å². The molecule has 0 bridgehead atoms. The van der Waals surface area contributed by atoms with E-state index in [2.05, 4.69) is 63.3 Å². The van der Waals surface area contributed by atoms with Gasteiger partial charge in [0.1, 0.15) is 0 Å². The van der Waals surface area contributed by atoms with Gasteiger partial charge < -0.3 is 10.2 Å². The molecule has 0 aliphatic heterocycles. The van der Waals surface area contributed by atoms with Crippen molar-refractivity contribution in [3.63, 3.8) is 0 Å². The lowest BCUT2D eigenvalue weighted by Crippen LogP contribution is -2.45. The summed E-state index contributed by atoms with van der Waals surface area (Å²) in [4.78, 5) is 2.48. The zero-order chi connectivity index (χ0) is 15.5. The minimum absolute atomic E-state index is 0.429. The van der Waals surface area contributed by atoms with Crippen molar-refractivity contribution in [2.24, 2.45) is 11.3 Å². The Bertz CT molecular complexity index is 465. The normalized spacial score (nSPS) is 25.9. The van der Waals surface area contributed by atoms with Gasteiger partial charge in [0.25, 0.3) is 0 Å². The van der Waals surface area contributed by atoms with E-state index in [1.165, 1.54) is 42.5 Å². The van der Waals surface area contributed by atoms with Crippen LogP contribution in [0, 0.1) is 25.2 Å². The molecule has 0 spiro atoms. The third-order valence-electron chi connectivity index (χ3n) is 5.07. The van der Waals surface area contributed by atoms with Crippen molar-refractivity contribution in [3.05, 3.63) is 29.3 Å². The third-order valence-corrected chi connectivity index (χ3v) is 5.07. The lowest BCUT2D eigenvalue weighted by molar-refractivity contribution is 0.152. The van der Waals surface area contributed by atoms with E-state index in [1.807, 2.05) is 0 Å². The molecule has 0 saturated heterocycles. The zero-order valence-electron chi connectivity index (χ0n) is 14.5. The predicted octanol–water partition coefficient (Wildman–Crippen LogP) is 4.16. The highest BCUT2D eigenvalue weighted by Crippen LogP contribution is 2.40. The summed E-state index contributed by atoms with van der Waals surface area (Å²) in [5.74, 6) is 0.861. The average molecular weight is 288 g/mol. The maximum Gasteiger partial charge on any atom is 0.0393 e. The SMILES string of the molecule is CNCC1(CN(C)c2ccc(C)cc2C)CCCC(C)C1. The van der Waals surface area contributed by atoms with E-state index in [9.17, 15) is 0 Å². The number of hydrogen-bond acceptors (Lipinski definition) is 2. The van der Waals surface area contributed by atoms with Crippen LogP contribution in [0.4, 0.5) is 5.69 Å². The van der Waals surface area contributed by atoms with Crippen LogP contribution in [0.2, 0.25) is 0 Å². The van der Waals surface area contributed by atoms with Crippen LogP contribution in [0.25, 0.3) is 0 Å². The lowest BCUT2D eigenvalue weighted by Gasteiger charge is -2.43. The first kappa shape index (κ1) is 16.4. The van der Waals surface area contributed by atoms with Gasteiger partial charge in [-0.05, 0) is 51.3 Å². The zero-order valence-corrected chi connectivity index (χ0v) is 14.5. The summed E-state index contributed by atoms with van der Waals surface area (Å²) < 4.78 is 0. The van der Waals surface area contributed by atoms with Gasteiger partial charge in [-0.1, -0.05) is 37.5 Å². The largest absolute Gasteiger partial charge is 0.374 e. The van der Waals surface area contributed by atoms with Gasteiger partial charge in [0.2, 0.25) is 0 Å². The molecule has 2 nitrogen and oxygen atoms in total. The molecule has 2 heteroatoms. The highest BCUT2D eigenvalue weighted by Gasteiger charge is 2.35. The van der Waals surface area contributed by atoms with Crippen LogP contribution in [-0.2, 0) is 0 Å². The van der Waals surface area contributed by atoms with Crippen molar-refractivity contribution < 1.29 is 0 Å². The fraction of sp³-hybridized carbons (Fsp3) is 0.684. The molecule has 1 aliphatic rings. The maximum atomic E-state index is 3.45. The summed E-state index contributed by atoms with van der Waals surface area (Å²) in [5.41, 5.74) is 4.55. The first-order valence-electron chi connectivity index (χ1n) is 8.39. The number of nitrogens with one attached hydrogen (secondary N) is 1. The molecule has 1 fully saturated rings. The molecule has 1 aromatic carbocycles. The molecule has 0 amide bonds. The molecule has 0 heterocycles. The van der Waals surface area contributed by atoms with E-state index in [4.69, 9.17) is 0 Å². The van der Waals surface area contributed by atoms with Gasteiger partial charge in [0.05, 0.1) is 0 Å². The topological polar surface area (TPSA) is 15.3 Å². The fourth-order valence-electron chi connectivity index (χ4n) is 4.33. The van der Waals surface area contributed by atoms with Crippen molar-refractivity contribution in [2.75, 3.05) is 32.1 Å². The molecule has 1 N–H and O–H groups in total. The molecular weight excluding hydrogens is 256 g/mol. The Hall–Kier alpha value is -1.02. The van der Waals surface area contributed by atoms with Crippen molar-refractivity contribution in [3.8, 4) is 0 Å². The molecule has 0 radical (unpaired) electrons. The first-order chi connectivity index (χ1) is 9.96. The first-order valence-corrected chi connectivity index (χ1v) is 8.39. The smallest absolute Gasteiger partial charge is 0.0393 e. The lowest BCUT2D eigenvalue weighted by atomic mass is 9.69. The summed E-state index contributed by atoms with van der Waals surface area (Å²) in [6.45, 7) is 9.10. The Balaban J connectivity index is 2.15. The number of anilines is 1. The Morgan fingerprint density at radius 3 is 2.71 bits per heavy atom. The molecule has 1 saturated carbocycles. The predicted molar refractivity (Wildman–Crippen MR) is 93.2 cm³/mol. The van der Waals surface area contributed by atoms with Crippen molar-refractivity contribution in [2.45, 2.75) is 46.5 Å². The Morgan fingerprint density at radius 2 is 2.10 bits per heavy atom. The average Bonchev–Trinajstić information content (AvgIpc) is 2.38. The molecule has 1 aromatic rings. The van der Waals surface area contributed by atoms with Gasteiger partial charge in [-0.15, -0.1) is 0 Å². The monoisotopic (exact) mass is 288 g/mol. The maximum absolute atomic E-state index is 3.45. The fourth-order valence-corrected chi connectivity index (χ4v) is 4.33. The van der Waals surface area contributed by atoms with Gasteiger partial charge >= 0.3 is 0 Å². The van der Waals surface area contributed by atoms with Crippen LogP contribution >= 0.6 is 0 Å². The molecule has 2 atom stereocenters. The highest BCUT2D eigenvalue weighted by atomic mass is 15.1. The van der Waals surface area contributed by atoms with Crippen LogP contribution < -0.4 is 10.2 Å². The summed E-state index contributed by atoms with van der Waals surface area (Å²) in [7, 11) is 4.35. The van der Waals surface area contributed by atoms with E-state index >= 15 is 0 Å². The van der Waals surface area contributed by atoms with Gasteiger partial charge in [0.15, 0.2) is 0 Å². The van der Waals surface area contributed by atoms with E-state index < -0.39 is 0 Å². The molecule has 2 rings (SSSR count). The van der Waals surface area contributed by atoms with Gasteiger partial charge in [0, 0.05) is 31.2 Å². The summed E-state index contributed by atoms with van der Waals surface area (Å²) in [5, 5.41) is 3.45. The Kier molecular flexibility index (Phi) is 5.32. The third kappa shape index (κ3) is 4.00. The quantitative estimate of drug-likeness (QED) is 0.875. The van der Waals surface area contributed by atoms with Gasteiger partial charge in [-0.25, -0.2) is 0 Å². The summed E-state index contributed by atoms with van der Waals surface area (Å²) >= 11 is 0. The second-order valence-corrected chi connectivity index (χ2v) is 7.38. The molecular formula is C19H32N2. The van der Waals surface area contributed by atoms with Crippen LogP contribution in [0.1, 0.15) is 43.7 Å². The molecule has 2 unspecified atom stereocenters. The van der Waals surface area contributed by atoms with Crippen molar-refractivity contribution in [1.29, 1.82) is 0 Å². The number of hydrogen-bond donors (Lipinski definition) is 1. The highest BCUT2D eigenvalue weighted by molar-refractivity contribution is 5.54. The molecule has 0 aromatic heterocycles. The molecule has 1 aliphatic carbocycles. The number of rotatable bonds is 5. The number of benzene rings is 1. The van der Waals surface area contributed by atoms with Crippen LogP contribution in [-0.4, -0.2) is 27.2 Å². The van der Waals surface area contributed by atoms with E-state index in [-0.39, 0.29) is 0 Å². The van der Waals surface area contributed by atoms with Crippen LogP contribution in [0.15, 0.2) is 18.2 Å². The van der Waals surface area contributed by atoms with Crippen molar-refractivity contribution >= 4 is 5.69 Å². The number of aryl methyl sites for hydroxylation is 2. The van der Waals surface area contributed by atoms with Gasteiger partial charge in [-0.2, -0.15) is 0 Å². The van der Waals surface area contributed by atoms with Crippen LogP contribution in [0.5, 0.6) is 0 Å². The summed E-state index contributed by atoms with van der Waals surface area (Å²) in [6.07, 6.45) is 5.48. The Morgan fingerprint density at radius 1 is 1.33 bits per heavy atom. The number of nitrogens with zero attached hydrogens (tertiary/aromatic N) is 1. The molecule has 118 valence electrons.